The smallest absolute Gasteiger partial charge is 0.163 e. The molecule has 1 aliphatic heterocycles. The van der Waals surface area contributed by atoms with E-state index in [4.69, 9.17) is 0 Å². The molecule has 1 heterocycles. The molecule has 1 unspecified atom stereocenters. The standard InChI is InChI=1S/C14H11F2N/c15-12-7-3-6-11(13(12)16)14-10-5-2-1-4-9(10)8-17-14/h1-7,14,17H,8H2. The normalized spacial score (nSPS) is 18.1. The van der Waals surface area contributed by atoms with E-state index in [0.29, 0.717) is 12.1 Å². The third-order valence-corrected chi connectivity index (χ3v) is 3.16. The zero-order chi connectivity index (χ0) is 11.8. The molecule has 2 aromatic rings. The fraction of sp³-hybridized carbons (Fsp3) is 0.143. The maximum atomic E-state index is 13.7. The van der Waals surface area contributed by atoms with Crippen molar-refractivity contribution in [1.82, 2.24) is 5.32 Å². The Morgan fingerprint density at radius 3 is 2.59 bits per heavy atom. The molecule has 0 amide bonds. The summed E-state index contributed by atoms with van der Waals surface area (Å²) >= 11 is 0. The van der Waals surface area contributed by atoms with E-state index in [2.05, 4.69) is 5.32 Å². The molecule has 0 saturated carbocycles. The average Bonchev–Trinajstić information content (AvgIpc) is 2.77. The lowest BCUT2D eigenvalue weighted by molar-refractivity contribution is 0.487. The Balaban J connectivity index is 2.10. The lowest BCUT2D eigenvalue weighted by Gasteiger charge is -2.13. The zero-order valence-electron chi connectivity index (χ0n) is 9.08. The second kappa shape index (κ2) is 3.93. The van der Waals surface area contributed by atoms with Gasteiger partial charge in [0, 0.05) is 12.1 Å². The van der Waals surface area contributed by atoms with Gasteiger partial charge in [0.25, 0.3) is 0 Å². The molecule has 1 nitrogen and oxygen atoms in total. The Kier molecular flexibility index (Phi) is 2.41. The monoisotopic (exact) mass is 231 g/mol. The minimum atomic E-state index is -0.798. The van der Waals surface area contributed by atoms with Crippen LogP contribution in [-0.2, 0) is 6.54 Å². The van der Waals surface area contributed by atoms with Crippen molar-refractivity contribution in [3.05, 3.63) is 70.8 Å². The topological polar surface area (TPSA) is 12.0 Å². The summed E-state index contributed by atoms with van der Waals surface area (Å²) in [5.74, 6) is -1.56. The molecule has 0 radical (unpaired) electrons. The summed E-state index contributed by atoms with van der Waals surface area (Å²) in [6, 6.07) is 11.9. The number of fused-ring (bicyclic) bond motifs is 1. The predicted octanol–water partition coefficient (Wildman–Crippen LogP) is 3.16. The molecule has 2 aromatic carbocycles. The molecule has 3 rings (SSSR count). The van der Waals surface area contributed by atoms with E-state index in [-0.39, 0.29) is 6.04 Å². The molecule has 0 aromatic heterocycles. The Labute approximate surface area is 98.1 Å². The van der Waals surface area contributed by atoms with Crippen LogP contribution >= 0.6 is 0 Å². The molecular formula is C14H11F2N. The molecule has 1 atom stereocenters. The van der Waals surface area contributed by atoms with Crippen molar-refractivity contribution in [2.75, 3.05) is 0 Å². The minimum absolute atomic E-state index is 0.248. The Bertz CT molecular complexity index is 566. The molecular weight excluding hydrogens is 220 g/mol. The summed E-state index contributed by atoms with van der Waals surface area (Å²) in [7, 11) is 0. The van der Waals surface area contributed by atoms with Crippen molar-refractivity contribution >= 4 is 0 Å². The van der Waals surface area contributed by atoms with Gasteiger partial charge in [-0.1, -0.05) is 36.4 Å². The van der Waals surface area contributed by atoms with E-state index in [1.807, 2.05) is 24.3 Å². The first-order valence-corrected chi connectivity index (χ1v) is 5.52. The van der Waals surface area contributed by atoms with Gasteiger partial charge >= 0.3 is 0 Å². The lowest BCUT2D eigenvalue weighted by atomic mass is 9.98. The van der Waals surface area contributed by atoms with Gasteiger partial charge in [0.05, 0.1) is 6.04 Å². The third kappa shape index (κ3) is 1.63. The molecule has 1 aliphatic rings. The summed E-state index contributed by atoms with van der Waals surface area (Å²) in [5.41, 5.74) is 2.54. The minimum Gasteiger partial charge on any atom is -0.302 e. The van der Waals surface area contributed by atoms with Crippen molar-refractivity contribution in [2.45, 2.75) is 12.6 Å². The van der Waals surface area contributed by atoms with E-state index in [1.54, 1.807) is 6.07 Å². The zero-order valence-corrected chi connectivity index (χ0v) is 9.08. The number of hydrogen-bond donors (Lipinski definition) is 1. The number of hydrogen-bond acceptors (Lipinski definition) is 1. The van der Waals surface area contributed by atoms with E-state index < -0.39 is 11.6 Å². The quantitative estimate of drug-likeness (QED) is 0.795. The summed E-state index contributed by atoms with van der Waals surface area (Å²) in [6.45, 7) is 0.691. The second-order valence-corrected chi connectivity index (χ2v) is 4.16. The maximum absolute atomic E-state index is 13.7. The first-order chi connectivity index (χ1) is 8.27. The fourth-order valence-electron chi connectivity index (χ4n) is 2.32. The Morgan fingerprint density at radius 2 is 1.71 bits per heavy atom. The molecule has 0 spiro atoms. The van der Waals surface area contributed by atoms with Gasteiger partial charge in [-0.15, -0.1) is 0 Å². The van der Waals surface area contributed by atoms with Crippen LogP contribution in [0, 0.1) is 11.6 Å². The highest BCUT2D eigenvalue weighted by Crippen LogP contribution is 2.32. The highest BCUT2D eigenvalue weighted by Gasteiger charge is 2.25. The largest absolute Gasteiger partial charge is 0.302 e. The van der Waals surface area contributed by atoms with Crippen molar-refractivity contribution < 1.29 is 8.78 Å². The number of benzene rings is 2. The number of nitrogens with one attached hydrogen (secondary N) is 1. The van der Waals surface area contributed by atoms with Crippen molar-refractivity contribution in [2.24, 2.45) is 0 Å². The van der Waals surface area contributed by atoms with Crippen molar-refractivity contribution in [3.8, 4) is 0 Å². The molecule has 0 bridgehead atoms. The Morgan fingerprint density at radius 1 is 0.941 bits per heavy atom. The van der Waals surface area contributed by atoms with Crippen LogP contribution < -0.4 is 5.32 Å². The van der Waals surface area contributed by atoms with Gasteiger partial charge in [-0.25, -0.2) is 8.78 Å². The van der Waals surface area contributed by atoms with Crippen LogP contribution in [0.15, 0.2) is 42.5 Å². The van der Waals surface area contributed by atoms with E-state index in [9.17, 15) is 8.78 Å². The van der Waals surface area contributed by atoms with Crippen LogP contribution in [0.3, 0.4) is 0 Å². The summed E-state index contributed by atoms with van der Waals surface area (Å²) in [4.78, 5) is 0. The van der Waals surface area contributed by atoms with E-state index >= 15 is 0 Å². The van der Waals surface area contributed by atoms with Crippen LogP contribution in [0.5, 0.6) is 0 Å². The summed E-state index contributed by atoms with van der Waals surface area (Å²) in [6.07, 6.45) is 0. The van der Waals surface area contributed by atoms with Crippen molar-refractivity contribution in [1.29, 1.82) is 0 Å². The molecule has 1 N–H and O–H groups in total. The second-order valence-electron chi connectivity index (χ2n) is 4.16. The first kappa shape index (κ1) is 10.4. The molecule has 0 fully saturated rings. The predicted molar refractivity (Wildman–Crippen MR) is 61.5 cm³/mol. The van der Waals surface area contributed by atoms with E-state index in [0.717, 1.165) is 17.2 Å². The molecule has 0 saturated heterocycles. The van der Waals surface area contributed by atoms with Gasteiger partial charge in [0.2, 0.25) is 0 Å². The Hall–Kier alpha value is -1.74. The highest BCUT2D eigenvalue weighted by molar-refractivity contribution is 5.41. The van der Waals surface area contributed by atoms with Crippen LogP contribution in [0.1, 0.15) is 22.7 Å². The number of rotatable bonds is 1. The first-order valence-electron chi connectivity index (χ1n) is 5.52. The van der Waals surface area contributed by atoms with E-state index in [1.165, 1.54) is 6.07 Å². The van der Waals surface area contributed by atoms with Gasteiger partial charge in [-0.3, -0.25) is 0 Å². The van der Waals surface area contributed by atoms with Gasteiger partial charge in [0.15, 0.2) is 11.6 Å². The van der Waals surface area contributed by atoms with Crippen molar-refractivity contribution in [3.63, 3.8) is 0 Å². The molecule has 86 valence electrons. The maximum Gasteiger partial charge on any atom is 0.163 e. The third-order valence-electron chi connectivity index (χ3n) is 3.16. The lowest BCUT2D eigenvalue weighted by Crippen LogP contribution is -2.15. The van der Waals surface area contributed by atoms with Crippen LogP contribution in [0.4, 0.5) is 8.78 Å². The fourth-order valence-corrected chi connectivity index (χ4v) is 2.32. The van der Waals surface area contributed by atoms with Crippen LogP contribution in [-0.4, -0.2) is 0 Å². The van der Waals surface area contributed by atoms with Gasteiger partial charge < -0.3 is 5.32 Å². The van der Waals surface area contributed by atoms with Crippen LogP contribution in [0.25, 0.3) is 0 Å². The highest BCUT2D eigenvalue weighted by atomic mass is 19.2. The number of halogens is 2. The van der Waals surface area contributed by atoms with Gasteiger partial charge in [0.1, 0.15) is 0 Å². The molecule has 3 heteroatoms. The molecule has 0 aliphatic carbocycles. The summed E-state index contributed by atoms with van der Waals surface area (Å²) in [5, 5.41) is 3.20. The molecule has 17 heavy (non-hydrogen) atoms. The SMILES string of the molecule is Fc1cccc(C2NCc3ccccc32)c1F. The van der Waals surface area contributed by atoms with Gasteiger partial charge in [-0.05, 0) is 17.2 Å². The average molecular weight is 231 g/mol. The summed E-state index contributed by atoms with van der Waals surface area (Å²) < 4.78 is 26.9. The van der Waals surface area contributed by atoms with Crippen LogP contribution in [0.2, 0.25) is 0 Å². The van der Waals surface area contributed by atoms with Gasteiger partial charge in [-0.2, -0.15) is 0 Å².